The Morgan fingerprint density at radius 1 is 0.318 bits per heavy atom. The summed E-state index contributed by atoms with van der Waals surface area (Å²) in [7, 11) is -9.90. The molecule has 0 saturated carbocycles. The molecule has 0 bridgehead atoms. The van der Waals surface area contributed by atoms with Gasteiger partial charge >= 0.3 is 39.5 Å². The number of aliphatic hydroxyl groups excluding tert-OH is 1. The summed E-state index contributed by atoms with van der Waals surface area (Å²) in [6.45, 7) is 9.50. The zero-order valence-electron chi connectivity index (χ0n) is 57.0. The van der Waals surface area contributed by atoms with E-state index in [4.69, 9.17) is 37.0 Å². The first-order valence-electron chi connectivity index (χ1n) is 36.1. The van der Waals surface area contributed by atoms with E-state index in [0.717, 1.165) is 108 Å². The van der Waals surface area contributed by atoms with Gasteiger partial charge in [0.25, 0.3) is 0 Å². The predicted molar refractivity (Wildman–Crippen MR) is 354 cm³/mol. The van der Waals surface area contributed by atoms with E-state index in [9.17, 15) is 43.2 Å². The summed E-state index contributed by atoms with van der Waals surface area (Å²) in [6.07, 6.45) is 45.6. The third-order valence-electron chi connectivity index (χ3n) is 16.7. The first kappa shape index (κ1) is 86.1. The van der Waals surface area contributed by atoms with Crippen LogP contribution in [0.2, 0.25) is 0 Å². The van der Waals surface area contributed by atoms with E-state index in [1.54, 1.807) is 0 Å². The van der Waals surface area contributed by atoms with Crippen molar-refractivity contribution < 1.29 is 80.2 Å². The van der Waals surface area contributed by atoms with Gasteiger partial charge in [-0.25, -0.2) is 9.13 Å². The summed E-state index contributed by atoms with van der Waals surface area (Å²) in [6, 6.07) is 0. The van der Waals surface area contributed by atoms with E-state index in [2.05, 4.69) is 41.5 Å². The number of carbonyl (C=O) groups is 4. The number of esters is 4. The molecule has 0 aliphatic heterocycles. The van der Waals surface area contributed by atoms with Crippen LogP contribution in [0, 0.1) is 11.8 Å². The summed E-state index contributed by atoms with van der Waals surface area (Å²) in [5.74, 6) is -0.625. The molecule has 0 aromatic carbocycles. The highest BCUT2D eigenvalue weighted by Gasteiger charge is 2.30. The average molecular weight is 1300 g/mol. The number of phosphoric ester groups is 2. The molecule has 0 fully saturated rings. The van der Waals surface area contributed by atoms with E-state index < -0.39 is 97.5 Å². The Balaban J connectivity index is 5.26. The summed E-state index contributed by atoms with van der Waals surface area (Å²) in [5.41, 5.74) is 0. The minimum absolute atomic E-state index is 0.104. The van der Waals surface area contributed by atoms with Gasteiger partial charge in [-0.3, -0.25) is 37.3 Å². The van der Waals surface area contributed by atoms with Gasteiger partial charge in [-0.2, -0.15) is 0 Å². The fourth-order valence-corrected chi connectivity index (χ4v) is 11.9. The van der Waals surface area contributed by atoms with Crippen LogP contribution in [0.3, 0.4) is 0 Å². The van der Waals surface area contributed by atoms with E-state index in [1.165, 1.54) is 161 Å². The predicted octanol–water partition coefficient (Wildman–Crippen LogP) is 19.6. The fourth-order valence-electron chi connectivity index (χ4n) is 10.4. The Morgan fingerprint density at radius 3 is 0.807 bits per heavy atom. The number of carbonyl (C=O) groups excluding carboxylic acids is 4. The lowest BCUT2D eigenvalue weighted by Crippen LogP contribution is -2.30. The number of rotatable bonds is 68. The molecule has 0 spiro atoms. The van der Waals surface area contributed by atoms with Crippen molar-refractivity contribution in [3.63, 3.8) is 0 Å². The zero-order chi connectivity index (χ0) is 65.0. The topological polar surface area (TPSA) is 237 Å². The van der Waals surface area contributed by atoms with E-state index in [-0.39, 0.29) is 25.7 Å². The van der Waals surface area contributed by atoms with E-state index in [0.29, 0.717) is 25.7 Å². The fraction of sp³-hybridized carbons (Fsp3) is 0.942. The lowest BCUT2D eigenvalue weighted by atomic mass is 9.99. The molecule has 0 heterocycles. The molecule has 0 saturated heterocycles. The van der Waals surface area contributed by atoms with Crippen molar-refractivity contribution in [2.75, 3.05) is 39.6 Å². The number of phosphoric acid groups is 2. The number of hydrogen-bond donors (Lipinski definition) is 3. The van der Waals surface area contributed by atoms with Gasteiger partial charge in [0.15, 0.2) is 12.2 Å². The molecule has 0 amide bonds. The van der Waals surface area contributed by atoms with Gasteiger partial charge in [0.05, 0.1) is 26.4 Å². The molecule has 19 heteroatoms. The summed E-state index contributed by atoms with van der Waals surface area (Å²) < 4.78 is 68.2. The van der Waals surface area contributed by atoms with Crippen LogP contribution in [0.1, 0.15) is 350 Å². The summed E-state index contributed by atoms with van der Waals surface area (Å²) in [4.78, 5) is 72.5. The number of unbranched alkanes of at least 4 members (excludes halogenated alkanes) is 36. The van der Waals surface area contributed by atoms with Crippen molar-refractivity contribution in [2.45, 2.75) is 368 Å². The average Bonchev–Trinajstić information content (AvgIpc) is 3.59. The van der Waals surface area contributed by atoms with Gasteiger partial charge in [-0.05, 0) is 37.5 Å². The minimum atomic E-state index is -4.95. The number of hydrogen-bond acceptors (Lipinski definition) is 15. The second-order valence-corrected chi connectivity index (χ2v) is 28.3. The molecule has 88 heavy (non-hydrogen) atoms. The summed E-state index contributed by atoms with van der Waals surface area (Å²) in [5, 5.41) is 10.6. The Kier molecular flexibility index (Phi) is 59.9. The Hall–Kier alpha value is -1.94. The molecule has 0 aromatic rings. The SMILES string of the molecule is CCCCCCCCCCCCCCCC(=O)OC[C@H](COP(=O)(O)OC[C@@H](O)COP(=O)(O)OC[C@@H](COC(=O)CCCCCCCCC(C)CC)OC(=O)CCCCCCCCCCC(C)CC)OC(=O)CCCCCCCCCCCCCCC. The monoisotopic (exact) mass is 1300 g/mol. The zero-order valence-corrected chi connectivity index (χ0v) is 58.8. The number of ether oxygens (including phenoxy) is 4. The quantitative estimate of drug-likeness (QED) is 0.0222. The molecule has 522 valence electrons. The van der Waals surface area contributed by atoms with E-state index in [1.807, 2.05) is 0 Å². The number of aliphatic hydroxyl groups is 1. The van der Waals surface area contributed by atoms with Crippen molar-refractivity contribution in [1.29, 1.82) is 0 Å². The Morgan fingerprint density at radius 2 is 0.545 bits per heavy atom. The highest BCUT2D eigenvalue weighted by Crippen LogP contribution is 2.45. The molecular formula is C69H134O17P2. The maximum atomic E-state index is 13.0. The first-order chi connectivity index (χ1) is 42.4. The molecule has 0 aliphatic rings. The van der Waals surface area contributed by atoms with Crippen LogP contribution in [-0.4, -0.2) is 96.7 Å². The largest absolute Gasteiger partial charge is 0.472 e. The van der Waals surface area contributed by atoms with Crippen LogP contribution >= 0.6 is 15.6 Å². The minimum Gasteiger partial charge on any atom is -0.462 e. The lowest BCUT2D eigenvalue weighted by molar-refractivity contribution is -0.161. The van der Waals surface area contributed by atoms with Gasteiger partial charge in [0.1, 0.15) is 19.3 Å². The van der Waals surface area contributed by atoms with Crippen molar-refractivity contribution in [3.05, 3.63) is 0 Å². The van der Waals surface area contributed by atoms with Crippen LogP contribution in [0.5, 0.6) is 0 Å². The second kappa shape index (κ2) is 61.3. The van der Waals surface area contributed by atoms with Crippen molar-refractivity contribution >= 4 is 39.5 Å². The smallest absolute Gasteiger partial charge is 0.462 e. The Labute approximate surface area is 537 Å². The van der Waals surface area contributed by atoms with Gasteiger partial charge < -0.3 is 33.8 Å². The molecule has 17 nitrogen and oxygen atoms in total. The molecule has 0 aliphatic carbocycles. The van der Waals surface area contributed by atoms with Crippen molar-refractivity contribution in [2.24, 2.45) is 11.8 Å². The normalized spacial score (nSPS) is 14.8. The highest BCUT2D eigenvalue weighted by molar-refractivity contribution is 7.47. The molecule has 7 atom stereocenters. The van der Waals surface area contributed by atoms with Crippen LogP contribution in [0.25, 0.3) is 0 Å². The van der Waals surface area contributed by atoms with Crippen LogP contribution in [0.15, 0.2) is 0 Å². The van der Waals surface area contributed by atoms with Gasteiger partial charge in [0.2, 0.25) is 0 Å². The van der Waals surface area contributed by atoms with Crippen LogP contribution < -0.4 is 0 Å². The standard InChI is InChI=1S/C69H134O17P2/c1-7-11-13-15-17-19-21-23-25-27-32-39-45-51-66(71)79-57-64(85-68(73)53-47-41-33-28-26-24-22-20-18-16-14-12-8-2)59-83-87(75,76)81-55-63(70)56-82-88(77,78)84-60-65(58-80-67(72)52-46-40-36-35-38-44-50-62(6)10-4)86-69(74)54-48-42-34-30-29-31-37-43-49-61(5)9-3/h61-65,70H,7-60H2,1-6H3,(H,75,76)(H,77,78)/t61?,62?,63-,64-,65-/m1/s1. The van der Waals surface area contributed by atoms with Gasteiger partial charge in [-0.1, -0.05) is 298 Å². The lowest BCUT2D eigenvalue weighted by Gasteiger charge is -2.21. The third-order valence-corrected chi connectivity index (χ3v) is 18.6. The third kappa shape index (κ3) is 60.3. The molecule has 3 N–H and O–H groups in total. The maximum Gasteiger partial charge on any atom is 0.472 e. The molecule has 4 unspecified atom stereocenters. The van der Waals surface area contributed by atoms with Crippen LogP contribution in [0.4, 0.5) is 0 Å². The summed E-state index contributed by atoms with van der Waals surface area (Å²) >= 11 is 0. The molecule has 0 rings (SSSR count). The second-order valence-electron chi connectivity index (χ2n) is 25.4. The maximum absolute atomic E-state index is 13.0. The first-order valence-corrected chi connectivity index (χ1v) is 39.1. The molecular weight excluding hydrogens is 1160 g/mol. The molecule has 0 aromatic heterocycles. The van der Waals surface area contributed by atoms with Crippen molar-refractivity contribution in [3.8, 4) is 0 Å². The van der Waals surface area contributed by atoms with Crippen molar-refractivity contribution in [1.82, 2.24) is 0 Å². The van der Waals surface area contributed by atoms with Gasteiger partial charge in [-0.15, -0.1) is 0 Å². The highest BCUT2D eigenvalue weighted by atomic mass is 31.2. The van der Waals surface area contributed by atoms with Gasteiger partial charge in [0, 0.05) is 25.7 Å². The Bertz CT molecular complexity index is 1720. The van der Waals surface area contributed by atoms with E-state index >= 15 is 0 Å². The van der Waals surface area contributed by atoms with Crippen LogP contribution in [-0.2, 0) is 65.4 Å². The molecule has 0 radical (unpaired) electrons.